The number of benzene rings is 1. The summed E-state index contributed by atoms with van der Waals surface area (Å²) in [6.45, 7) is 0. The number of hydrogen-bond acceptors (Lipinski definition) is 4. The van der Waals surface area contributed by atoms with Crippen LogP contribution in [-0.2, 0) is 0 Å². The number of carbonyl (C=O) groups is 1. The molecule has 6 heteroatoms. The van der Waals surface area contributed by atoms with Gasteiger partial charge in [-0.25, -0.2) is 0 Å². The number of rotatable bonds is 4. The Bertz CT molecular complexity index is 581. The lowest BCUT2D eigenvalue weighted by Gasteiger charge is -2.09. The van der Waals surface area contributed by atoms with Gasteiger partial charge in [-0.3, -0.25) is 4.79 Å². The number of ether oxygens (including phenoxy) is 2. The molecule has 0 saturated carbocycles. The Kier molecular flexibility index (Phi) is 4.42. The molecular weight excluding hydrogens is 384 g/mol. The van der Waals surface area contributed by atoms with Gasteiger partial charge in [0.15, 0.2) is 11.3 Å². The van der Waals surface area contributed by atoms with Gasteiger partial charge in [-0.1, -0.05) is 11.3 Å². The maximum atomic E-state index is 10.6. The average Bonchev–Trinajstić information content (AvgIpc) is 2.81. The van der Waals surface area contributed by atoms with Gasteiger partial charge in [0.05, 0.1) is 20.9 Å². The molecule has 0 bridgehead atoms. The van der Waals surface area contributed by atoms with Crippen molar-refractivity contribution in [1.29, 1.82) is 0 Å². The van der Waals surface area contributed by atoms with Crippen LogP contribution in [0.15, 0.2) is 33.2 Å². The van der Waals surface area contributed by atoms with Gasteiger partial charge in [-0.2, -0.15) is 0 Å². The molecule has 0 amide bonds. The van der Waals surface area contributed by atoms with Crippen LogP contribution in [0.1, 0.15) is 9.67 Å². The van der Waals surface area contributed by atoms with E-state index in [1.165, 1.54) is 11.3 Å². The Labute approximate surface area is 125 Å². The molecule has 0 fully saturated rings. The second-order valence-corrected chi connectivity index (χ2v) is 6.08. The third-order valence-electron chi connectivity index (χ3n) is 2.14. The largest absolute Gasteiger partial charge is 0.496 e. The molecule has 18 heavy (non-hydrogen) atoms. The van der Waals surface area contributed by atoms with Crippen LogP contribution < -0.4 is 9.47 Å². The fourth-order valence-corrected chi connectivity index (χ4v) is 2.88. The zero-order valence-corrected chi connectivity index (χ0v) is 13.3. The van der Waals surface area contributed by atoms with E-state index in [9.17, 15) is 4.79 Å². The standard InChI is InChI=1S/C12H8Br2O3S/c1-16-10-4-9(14)11(5-8(10)13)17-12-3-2-7(6-15)18-12/h2-6H,1H3. The molecule has 94 valence electrons. The number of halogens is 2. The molecule has 0 aliphatic heterocycles. The van der Waals surface area contributed by atoms with Crippen molar-refractivity contribution in [2.75, 3.05) is 7.11 Å². The highest BCUT2D eigenvalue weighted by Gasteiger charge is 2.10. The Morgan fingerprint density at radius 2 is 1.83 bits per heavy atom. The molecular formula is C12H8Br2O3S. The molecule has 0 atom stereocenters. The molecule has 0 spiro atoms. The van der Waals surface area contributed by atoms with E-state index in [0.717, 1.165) is 15.2 Å². The summed E-state index contributed by atoms with van der Waals surface area (Å²) in [5, 5.41) is 0.662. The Hall–Kier alpha value is -0.850. The number of aldehydes is 1. The van der Waals surface area contributed by atoms with E-state index in [2.05, 4.69) is 31.9 Å². The Balaban J connectivity index is 2.28. The van der Waals surface area contributed by atoms with Crippen molar-refractivity contribution < 1.29 is 14.3 Å². The van der Waals surface area contributed by atoms with E-state index in [4.69, 9.17) is 9.47 Å². The van der Waals surface area contributed by atoms with Crippen molar-refractivity contribution >= 4 is 49.5 Å². The smallest absolute Gasteiger partial charge is 0.181 e. The molecule has 2 aromatic rings. The fourth-order valence-electron chi connectivity index (χ4n) is 1.31. The predicted molar refractivity (Wildman–Crippen MR) is 78.2 cm³/mol. The van der Waals surface area contributed by atoms with Gasteiger partial charge < -0.3 is 9.47 Å². The van der Waals surface area contributed by atoms with Crippen molar-refractivity contribution in [3.8, 4) is 16.6 Å². The quantitative estimate of drug-likeness (QED) is 0.696. The monoisotopic (exact) mass is 390 g/mol. The number of methoxy groups -OCH3 is 1. The minimum absolute atomic E-state index is 0.633. The van der Waals surface area contributed by atoms with Crippen molar-refractivity contribution in [3.05, 3.63) is 38.1 Å². The van der Waals surface area contributed by atoms with E-state index in [1.807, 2.05) is 12.1 Å². The topological polar surface area (TPSA) is 35.5 Å². The van der Waals surface area contributed by atoms with Gasteiger partial charge in [0.2, 0.25) is 0 Å². The van der Waals surface area contributed by atoms with Crippen molar-refractivity contribution in [2.24, 2.45) is 0 Å². The first-order chi connectivity index (χ1) is 8.63. The van der Waals surface area contributed by atoms with Gasteiger partial charge in [-0.15, -0.1) is 0 Å². The molecule has 1 aromatic carbocycles. The van der Waals surface area contributed by atoms with Gasteiger partial charge in [-0.05, 0) is 56.1 Å². The normalized spacial score (nSPS) is 10.2. The molecule has 0 saturated heterocycles. The molecule has 0 aliphatic carbocycles. The summed E-state index contributed by atoms with van der Waals surface area (Å²) < 4.78 is 12.5. The zero-order valence-electron chi connectivity index (χ0n) is 9.28. The molecule has 0 radical (unpaired) electrons. The minimum atomic E-state index is 0.633. The van der Waals surface area contributed by atoms with Crippen LogP contribution in [0.3, 0.4) is 0 Å². The summed E-state index contributed by atoms with van der Waals surface area (Å²) >= 11 is 8.10. The van der Waals surface area contributed by atoms with Gasteiger partial charge in [0, 0.05) is 0 Å². The highest BCUT2D eigenvalue weighted by atomic mass is 79.9. The number of thiophene rings is 1. The van der Waals surface area contributed by atoms with Crippen molar-refractivity contribution in [3.63, 3.8) is 0 Å². The Morgan fingerprint density at radius 1 is 1.17 bits per heavy atom. The second kappa shape index (κ2) is 5.86. The van der Waals surface area contributed by atoms with Gasteiger partial charge in [0.1, 0.15) is 11.5 Å². The van der Waals surface area contributed by atoms with Crippen LogP contribution in [0.5, 0.6) is 16.6 Å². The van der Waals surface area contributed by atoms with Gasteiger partial charge in [0.25, 0.3) is 0 Å². The average molecular weight is 392 g/mol. The summed E-state index contributed by atoms with van der Waals surface area (Å²) in [4.78, 5) is 11.2. The molecule has 1 aromatic heterocycles. The van der Waals surface area contributed by atoms with Crippen LogP contribution in [0.2, 0.25) is 0 Å². The maximum absolute atomic E-state index is 10.6. The first kappa shape index (κ1) is 13.6. The zero-order chi connectivity index (χ0) is 13.1. The predicted octanol–water partition coefficient (Wildman–Crippen LogP) is 4.89. The lowest BCUT2D eigenvalue weighted by atomic mass is 10.3. The fraction of sp³-hybridized carbons (Fsp3) is 0.0833. The SMILES string of the molecule is COc1cc(Br)c(Oc2ccc(C=O)s2)cc1Br. The third-order valence-corrected chi connectivity index (χ3v) is 4.26. The highest BCUT2D eigenvalue weighted by Crippen LogP contribution is 2.39. The van der Waals surface area contributed by atoms with Crippen LogP contribution in [0, 0.1) is 0 Å². The molecule has 1 heterocycles. The van der Waals surface area contributed by atoms with Crippen LogP contribution in [0.4, 0.5) is 0 Å². The first-order valence-electron chi connectivity index (χ1n) is 4.90. The van der Waals surface area contributed by atoms with Crippen molar-refractivity contribution in [1.82, 2.24) is 0 Å². The maximum Gasteiger partial charge on any atom is 0.181 e. The number of hydrogen-bond donors (Lipinski definition) is 0. The summed E-state index contributed by atoms with van der Waals surface area (Å²) in [6, 6.07) is 7.11. The van der Waals surface area contributed by atoms with Crippen molar-refractivity contribution in [2.45, 2.75) is 0 Å². The van der Waals surface area contributed by atoms with E-state index >= 15 is 0 Å². The Morgan fingerprint density at radius 3 is 2.44 bits per heavy atom. The molecule has 3 nitrogen and oxygen atoms in total. The minimum Gasteiger partial charge on any atom is -0.496 e. The van der Waals surface area contributed by atoms with E-state index in [1.54, 1.807) is 19.2 Å². The molecule has 0 unspecified atom stereocenters. The molecule has 0 N–H and O–H groups in total. The lowest BCUT2D eigenvalue weighted by molar-refractivity contribution is 0.112. The van der Waals surface area contributed by atoms with Crippen LogP contribution in [0.25, 0.3) is 0 Å². The third kappa shape index (κ3) is 2.93. The van der Waals surface area contributed by atoms with Gasteiger partial charge >= 0.3 is 0 Å². The van der Waals surface area contributed by atoms with E-state index in [0.29, 0.717) is 21.4 Å². The summed E-state index contributed by atoms with van der Waals surface area (Å²) in [7, 11) is 1.60. The summed E-state index contributed by atoms with van der Waals surface area (Å²) in [5.74, 6) is 1.37. The second-order valence-electron chi connectivity index (χ2n) is 3.29. The first-order valence-corrected chi connectivity index (χ1v) is 7.30. The summed E-state index contributed by atoms with van der Waals surface area (Å²) in [5.41, 5.74) is 0. The van der Waals surface area contributed by atoms with E-state index in [-0.39, 0.29) is 0 Å². The highest BCUT2D eigenvalue weighted by molar-refractivity contribution is 9.11. The lowest BCUT2D eigenvalue weighted by Crippen LogP contribution is -1.88. The van der Waals surface area contributed by atoms with Crippen LogP contribution in [-0.4, -0.2) is 13.4 Å². The number of carbonyl (C=O) groups excluding carboxylic acids is 1. The summed E-state index contributed by atoms with van der Waals surface area (Å²) in [6.07, 6.45) is 0.802. The molecule has 2 rings (SSSR count). The molecule has 0 aliphatic rings. The van der Waals surface area contributed by atoms with E-state index < -0.39 is 0 Å². The van der Waals surface area contributed by atoms with Crippen LogP contribution >= 0.6 is 43.2 Å².